The van der Waals surface area contributed by atoms with Crippen LogP contribution in [-0.2, 0) is 4.79 Å². The zero-order chi connectivity index (χ0) is 16.7. The average Bonchev–Trinajstić information content (AvgIpc) is 2.53. The molecule has 0 aliphatic heterocycles. The molecule has 1 saturated carbocycles. The Hall–Kier alpha value is -0.740. The monoisotopic (exact) mass is 374 g/mol. The third-order valence-corrected chi connectivity index (χ3v) is 4.50. The van der Waals surface area contributed by atoms with E-state index in [0.29, 0.717) is 0 Å². The summed E-state index contributed by atoms with van der Waals surface area (Å²) in [6.07, 6.45) is 8.08. The van der Waals surface area contributed by atoms with Gasteiger partial charge in [0.15, 0.2) is 0 Å². The van der Waals surface area contributed by atoms with Crippen LogP contribution >= 0.6 is 34.8 Å². The smallest absolute Gasteiger partial charge is 0.245 e. The predicted molar refractivity (Wildman–Crippen MR) is 97.7 cm³/mol. The Morgan fingerprint density at radius 2 is 1.78 bits per heavy atom. The Morgan fingerprint density at radius 3 is 2.39 bits per heavy atom. The lowest BCUT2D eigenvalue weighted by atomic mass is 9.95. The zero-order valence-electron chi connectivity index (χ0n) is 12.8. The Labute approximate surface area is 152 Å². The Kier molecular flexibility index (Phi) is 7.22. The maximum Gasteiger partial charge on any atom is 0.245 e. The molecule has 1 aromatic rings. The van der Waals surface area contributed by atoms with Crippen LogP contribution in [0.4, 0.5) is 0 Å². The van der Waals surface area contributed by atoms with Gasteiger partial charge in [0, 0.05) is 12.1 Å². The summed E-state index contributed by atoms with van der Waals surface area (Å²) in [6, 6.07) is 9.83. The van der Waals surface area contributed by atoms with Gasteiger partial charge in [-0.15, -0.1) is 0 Å². The highest BCUT2D eigenvalue weighted by molar-refractivity contribution is 6.68. The number of carbonyl (C=O) groups excluding carboxylic acids is 1. The minimum Gasteiger partial charge on any atom is -0.333 e. The van der Waals surface area contributed by atoms with Crippen molar-refractivity contribution in [1.82, 2.24) is 10.6 Å². The number of halogens is 3. The van der Waals surface area contributed by atoms with E-state index >= 15 is 0 Å². The van der Waals surface area contributed by atoms with Crippen molar-refractivity contribution in [3.63, 3.8) is 0 Å². The molecule has 1 aliphatic carbocycles. The number of amides is 1. The summed E-state index contributed by atoms with van der Waals surface area (Å²) in [4.78, 5) is 12.1. The van der Waals surface area contributed by atoms with E-state index in [2.05, 4.69) is 10.6 Å². The van der Waals surface area contributed by atoms with Crippen LogP contribution in [0.1, 0.15) is 37.7 Å². The summed E-state index contributed by atoms with van der Waals surface area (Å²) in [6.45, 7) is 0. The van der Waals surface area contributed by atoms with E-state index in [1.165, 1.54) is 12.5 Å². The quantitative estimate of drug-likeness (QED) is 0.454. The summed E-state index contributed by atoms with van der Waals surface area (Å²) in [7, 11) is 0. The largest absolute Gasteiger partial charge is 0.333 e. The first kappa shape index (κ1) is 18.6. The molecule has 1 amide bonds. The number of benzene rings is 1. The standard InChI is InChI=1S/C17H21Cl3N2O/c18-17(19,20)16(21-14-9-5-2-6-10-14)22-15(23)12-11-13-7-3-1-4-8-13/h1,3-4,7-8,11-12,14,16,21H,2,5-6,9-10H2,(H,22,23)/b12-11+/t16-/m1/s1. The molecule has 2 N–H and O–H groups in total. The lowest BCUT2D eigenvalue weighted by molar-refractivity contribution is -0.117. The molecule has 0 spiro atoms. The molecule has 0 saturated heterocycles. The van der Waals surface area contributed by atoms with E-state index in [1.807, 2.05) is 30.3 Å². The molecule has 1 fully saturated rings. The summed E-state index contributed by atoms with van der Waals surface area (Å²) < 4.78 is -1.60. The van der Waals surface area contributed by atoms with Crippen LogP contribution in [0.3, 0.4) is 0 Å². The number of hydrogen-bond donors (Lipinski definition) is 2. The van der Waals surface area contributed by atoms with E-state index < -0.39 is 9.96 Å². The molecule has 0 unspecified atom stereocenters. The van der Waals surface area contributed by atoms with Gasteiger partial charge in [0.05, 0.1) is 0 Å². The molecular formula is C17H21Cl3N2O. The number of hydrogen-bond acceptors (Lipinski definition) is 2. The third kappa shape index (κ3) is 6.72. The van der Waals surface area contributed by atoms with Gasteiger partial charge in [-0.1, -0.05) is 84.4 Å². The molecule has 0 heterocycles. The molecule has 1 aliphatic rings. The fraction of sp³-hybridized carbons (Fsp3) is 0.471. The first-order valence-electron chi connectivity index (χ1n) is 7.81. The van der Waals surface area contributed by atoms with Crippen molar-refractivity contribution in [3.05, 3.63) is 42.0 Å². The molecule has 2 rings (SSSR count). The molecule has 3 nitrogen and oxygen atoms in total. The Bertz CT molecular complexity index is 522. The topological polar surface area (TPSA) is 41.1 Å². The van der Waals surface area contributed by atoms with E-state index in [-0.39, 0.29) is 11.9 Å². The molecule has 0 bridgehead atoms. The molecule has 6 heteroatoms. The van der Waals surface area contributed by atoms with Crippen LogP contribution < -0.4 is 10.6 Å². The van der Waals surface area contributed by atoms with Crippen LogP contribution in [0.2, 0.25) is 0 Å². The molecule has 0 radical (unpaired) electrons. The second kappa shape index (κ2) is 8.93. The molecule has 1 aromatic carbocycles. The Balaban J connectivity index is 1.94. The second-order valence-corrected chi connectivity index (χ2v) is 8.10. The second-order valence-electron chi connectivity index (χ2n) is 5.73. The zero-order valence-corrected chi connectivity index (χ0v) is 15.0. The van der Waals surface area contributed by atoms with Crippen molar-refractivity contribution < 1.29 is 4.79 Å². The summed E-state index contributed by atoms with van der Waals surface area (Å²) >= 11 is 18.0. The van der Waals surface area contributed by atoms with Crippen molar-refractivity contribution in [2.45, 2.75) is 48.1 Å². The van der Waals surface area contributed by atoms with Crippen LogP contribution in [-0.4, -0.2) is 21.9 Å². The minimum absolute atomic E-state index is 0.266. The highest BCUT2D eigenvalue weighted by atomic mass is 35.6. The van der Waals surface area contributed by atoms with Gasteiger partial charge in [0.25, 0.3) is 0 Å². The highest BCUT2D eigenvalue weighted by Gasteiger charge is 2.35. The molecular weight excluding hydrogens is 355 g/mol. The van der Waals surface area contributed by atoms with Gasteiger partial charge in [0.1, 0.15) is 6.17 Å². The molecule has 0 aromatic heterocycles. The maximum absolute atomic E-state index is 12.1. The normalized spacial score (nSPS) is 18.0. The SMILES string of the molecule is O=C(/C=C/c1ccccc1)N[C@@H](NC1CCCCC1)C(Cl)(Cl)Cl. The van der Waals surface area contributed by atoms with Gasteiger partial charge in [-0.05, 0) is 24.5 Å². The van der Waals surface area contributed by atoms with Crippen LogP contribution in [0.15, 0.2) is 36.4 Å². The van der Waals surface area contributed by atoms with E-state index in [0.717, 1.165) is 31.2 Å². The summed E-state index contributed by atoms with van der Waals surface area (Å²) in [5.41, 5.74) is 0.938. The van der Waals surface area contributed by atoms with E-state index in [4.69, 9.17) is 34.8 Å². The first-order chi connectivity index (χ1) is 10.9. The third-order valence-electron chi connectivity index (χ3n) is 3.85. The lowest BCUT2D eigenvalue weighted by Crippen LogP contribution is -2.56. The fourth-order valence-electron chi connectivity index (χ4n) is 2.65. The lowest BCUT2D eigenvalue weighted by Gasteiger charge is -2.32. The van der Waals surface area contributed by atoms with Crippen LogP contribution in [0.25, 0.3) is 6.08 Å². The van der Waals surface area contributed by atoms with Crippen molar-refractivity contribution >= 4 is 46.8 Å². The van der Waals surface area contributed by atoms with Gasteiger partial charge in [-0.3, -0.25) is 10.1 Å². The number of nitrogens with one attached hydrogen (secondary N) is 2. The van der Waals surface area contributed by atoms with Gasteiger partial charge in [0.2, 0.25) is 9.70 Å². The minimum atomic E-state index is -1.60. The predicted octanol–water partition coefficient (Wildman–Crippen LogP) is 4.43. The van der Waals surface area contributed by atoms with Gasteiger partial charge in [-0.25, -0.2) is 0 Å². The molecule has 126 valence electrons. The first-order valence-corrected chi connectivity index (χ1v) is 8.95. The van der Waals surface area contributed by atoms with Crippen molar-refractivity contribution in [2.24, 2.45) is 0 Å². The molecule has 23 heavy (non-hydrogen) atoms. The Morgan fingerprint density at radius 1 is 1.13 bits per heavy atom. The van der Waals surface area contributed by atoms with Crippen molar-refractivity contribution in [2.75, 3.05) is 0 Å². The van der Waals surface area contributed by atoms with Gasteiger partial charge < -0.3 is 5.32 Å². The maximum atomic E-state index is 12.1. The van der Waals surface area contributed by atoms with E-state index in [9.17, 15) is 4.79 Å². The van der Waals surface area contributed by atoms with Crippen LogP contribution in [0.5, 0.6) is 0 Å². The summed E-state index contributed by atoms with van der Waals surface area (Å²) in [5, 5.41) is 6.01. The van der Waals surface area contributed by atoms with Crippen LogP contribution in [0, 0.1) is 0 Å². The fourth-order valence-corrected chi connectivity index (χ4v) is 3.00. The number of carbonyl (C=O) groups is 1. The van der Waals surface area contributed by atoms with Crippen molar-refractivity contribution in [3.8, 4) is 0 Å². The number of alkyl halides is 3. The van der Waals surface area contributed by atoms with E-state index in [1.54, 1.807) is 6.08 Å². The number of rotatable bonds is 5. The van der Waals surface area contributed by atoms with Crippen molar-refractivity contribution in [1.29, 1.82) is 0 Å². The van der Waals surface area contributed by atoms with Gasteiger partial charge >= 0.3 is 0 Å². The average molecular weight is 376 g/mol. The highest BCUT2D eigenvalue weighted by Crippen LogP contribution is 2.30. The summed E-state index contributed by atoms with van der Waals surface area (Å²) in [5.74, 6) is -0.298. The van der Waals surface area contributed by atoms with Gasteiger partial charge in [-0.2, -0.15) is 0 Å². The molecule has 1 atom stereocenters.